The van der Waals surface area contributed by atoms with Crippen molar-refractivity contribution in [1.29, 1.82) is 0 Å². The molecular formula is C24H39FN4O5S. The number of carbonyl (C=O) groups is 1. The number of carbonyl (C=O) groups excluding carboxylic acids is 1. The Balaban J connectivity index is 1.67. The zero-order chi connectivity index (χ0) is 25.5. The molecule has 11 heteroatoms. The fraction of sp³-hybridized carbons (Fsp3) is 0.708. The summed E-state index contributed by atoms with van der Waals surface area (Å²) in [6.45, 7) is 5.29. The SMILES string of the molecule is CCCCCc1ccc(N2CCN(S(=O)(=O)C3(C(=O)NO)CCN(CCOC)CC3)CC2)cc1F. The van der Waals surface area contributed by atoms with E-state index in [2.05, 4.69) is 11.8 Å². The fourth-order valence-corrected chi connectivity index (χ4v) is 7.11. The maximum Gasteiger partial charge on any atom is 0.266 e. The molecule has 2 N–H and O–H groups in total. The van der Waals surface area contributed by atoms with Crippen molar-refractivity contribution in [1.82, 2.24) is 14.7 Å². The Hall–Kier alpha value is -1.79. The molecule has 198 valence electrons. The molecule has 0 unspecified atom stereocenters. The molecule has 0 bridgehead atoms. The van der Waals surface area contributed by atoms with E-state index in [0.29, 0.717) is 51.3 Å². The minimum absolute atomic E-state index is 0.0936. The molecule has 0 spiro atoms. The number of rotatable bonds is 11. The van der Waals surface area contributed by atoms with Crippen LogP contribution in [0, 0.1) is 5.82 Å². The molecule has 1 amide bonds. The van der Waals surface area contributed by atoms with Gasteiger partial charge in [0.1, 0.15) is 5.82 Å². The summed E-state index contributed by atoms with van der Waals surface area (Å²) in [5.41, 5.74) is 3.04. The van der Waals surface area contributed by atoms with Crippen molar-refractivity contribution in [2.75, 3.05) is 64.4 Å². The summed E-state index contributed by atoms with van der Waals surface area (Å²) < 4.78 is 46.7. The fourth-order valence-electron chi connectivity index (χ4n) is 5.00. The van der Waals surface area contributed by atoms with Crippen LogP contribution in [-0.2, 0) is 26.0 Å². The van der Waals surface area contributed by atoms with Crippen LogP contribution in [-0.4, -0.2) is 93.0 Å². The van der Waals surface area contributed by atoms with Crippen LogP contribution in [0.5, 0.6) is 0 Å². The predicted molar refractivity (Wildman–Crippen MR) is 133 cm³/mol. The first-order chi connectivity index (χ1) is 16.8. The van der Waals surface area contributed by atoms with E-state index in [1.807, 2.05) is 17.0 Å². The van der Waals surface area contributed by atoms with Crippen molar-refractivity contribution in [2.24, 2.45) is 0 Å². The molecule has 2 saturated heterocycles. The zero-order valence-electron chi connectivity index (χ0n) is 20.8. The Morgan fingerprint density at radius 3 is 2.40 bits per heavy atom. The third kappa shape index (κ3) is 6.14. The molecule has 2 aliphatic heterocycles. The van der Waals surface area contributed by atoms with Gasteiger partial charge in [0, 0.05) is 58.6 Å². The standard InChI is InChI=1S/C24H39FN4O5S/c1-3-4-5-6-20-7-8-21(19-22(20)25)28-13-15-29(16-14-28)35(32,33)24(23(30)26-31)9-11-27(12-10-24)17-18-34-2/h7-8,19,31H,3-6,9-18H2,1-2H3,(H,26,30). The van der Waals surface area contributed by atoms with Crippen LogP contribution in [0.3, 0.4) is 0 Å². The summed E-state index contributed by atoms with van der Waals surface area (Å²) in [5.74, 6) is -1.11. The van der Waals surface area contributed by atoms with Crippen molar-refractivity contribution < 1.29 is 27.5 Å². The molecule has 1 aromatic carbocycles. The molecule has 2 aliphatic rings. The number of ether oxygens (including phenoxy) is 1. The number of hydrogen-bond acceptors (Lipinski definition) is 7. The number of likely N-dealkylation sites (tertiary alicyclic amines) is 1. The van der Waals surface area contributed by atoms with Crippen molar-refractivity contribution in [3.05, 3.63) is 29.6 Å². The van der Waals surface area contributed by atoms with Crippen molar-refractivity contribution in [2.45, 2.75) is 50.2 Å². The second-order valence-electron chi connectivity index (χ2n) is 9.39. The van der Waals surface area contributed by atoms with Gasteiger partial charge in [-0.15, -0.1) is 0 Å². The quantitative estimate of drug-likeness (QED) is 0.265. The van der Waals surface area contributed by atoms with Gasteiger partial charge in [-0.2, -0.15) is 4.31 Å². The Morgan fingerprint density at radius 1 is 1.14 bits per heavy atom. The molecule has 3 rings (SSSR count). The molecule has 0 saturated carbocycles. The van der Waals surface area contributed by atoms with E-state index in [-0.39, 0.29) is 31.7 Å². The zero-order valence-corrected chi connectivity index (χ0v) is 21.7. The third-order valence-electron chi connectivity index (χ3n) is 7.31. The minimum Gasteiger partial charge on any atom is -0.383 e. The van der Waals surface area contributed by atoms with E-state index in [1.54, 1.807) is 12.6 Å². The molecule has 35 heavy (non-hydrogen) atoms. The number of aryl methyl sites for hydroxylation is 1. The predicted octanol–water partition coefficient (Wildman–Crippen LogP) is 2.00. The first-order valence-electron chi connectivity index (χ1n) is 12.5. The monoisotopic (exact) mass is 514 g/mol. The summed E-state index contributed by atoms with van der Waals surface area (Å²) >= 11 is 0. The number of anilines is 1. The van der Waals surface area contributed by atoms with Gasteiger partial charge in [-0.05, 0) is 43.4 Å². The number of methoxy groups -OCH3 is 1. The third-order valence-corrected chi connectivity index (χ3v) is 9.94. The highest BCUT2D eigenvalue weighted by Crippen LogP contribution is 2.34. The van der Waals surface area contributed by atoms with Crippen molar-refractivity contribution >= 4 is 21.6 Å². The molecule has 2 fully saturated rings. The largest absolute Gasteiger partial charge is 0.383 e. The van der Waals surface area contributed by atoms with Gasteiger partial charge in [-0.25, -0.2) is 18.3 Å². The highest BCUT2D eigenvalue weighted by Gasteiger charge is 2.55. The van der Waals surface area contributed by atoms with Crippen LogP contribution in [0.4, 0.5) is 10.1 Å². The van der Waals surface area contributed by atoms with Gasteiger partial charge in [0.15, 0.2) is 4.75 Å². The normalized spacial score (nSPS) is 19.6. The van der Waals surface area contributed by atoms with E-state index in [4.69, 9.17) is 4.74 Å². The second-order valence-corrected chi connectivity index (χ2v) is 11.6. The van der Waals surface area contributed by atoms with E-state index in [9.17, 15) is 22.8 Å². The number of amides is 1. The lowest BCUT2D eigenvalue weighted by Crippen LogP contribution is -2.63. The topological polar surface area (TPSA) is 102 Å². The molecule has 0 radical (unpaired) electrons. The van der Waals surface area contributed by atoms with Crippen molar-refractivity contribution in [3.8, 4) is 0 Å². The number of piperidine rings is 1. The van der Waals surface area contributed by atoms with Crippen LogP contribution in [0.2, 0.25) is 0 Å². The first-order valence-corrected chi connectivity index (χ1v) is 13.9. The lowest BCUT2D eigenvalue weighted by molar-refractivity contribution is -0.133. The van der Waals surface area contributed by atoms with Gasteiger partial charge in [0.05, 0.1) is 6.61 Å². The number of nitrogens with one attached hydrogen (secondary N) is 1. The number of hydroxylamine groups is 1. The smallest absolute Gasteiger partial charge is 0.266 e. The Kier molecular flexibility index (Phi) is 9.88. The van der Waals surface area contributed by atoms with Crippen LogP contribution in [0.25, 0.3) is 0 Å². The highest BCUT2D eigenvalue weighted by atomic mass is 32.2. The highest BCUT2D eigenvalue weighted by molar-refractivity contribution is 7.91. The van der Waals surface area contributed by atoms with E-state index < -0.39 is 20.7 Å². The number of sulfonamides is 1. The van der Waals surface area contributed by atoms with Crippen LogP contribution in [0.1, 0.15) is 44.6 Å². The number of benzene rings is 1. The molecule has 0 aromatic heterocycles. The summed E-state index contributed by atoms with van der Waals surface area (Å²) in [5, 5.41) is 9.37. The van der Waals surface area contributed by atoms with Gasteiger partial charge in [-0.1, -0.05) is 25.8 Å². The summed E-state index contributed by atoms with van der Waals surface area (Å²) in [4.78, 5) is 16.7. The summed E-state index contributed by atoms with van der Waals surface area (Å²) in [7, 11) is -2.43. The number of unbranched alkanes of at least 4 members (excludes halogenated alkanes) is 2. The van der Waals surface area contributed by atoms with Gasteiger partial charge in [0.2, 0.25) is 10.0 Å². The maximum atomic E-state index is 14.6. The number of halogens is 1. The second kappa shape index (κ2) is 12.4. The van der Waals surface area contributed by atoms with Gasteiger partial charge >= 0.3 is 0 Å². The number of nitrogens with zero attached hydrogens (tertiary/aromatic N) is 3. The Labute approximate surface area is 208 Å². The van der Waals surface area contributed by atoms with Gasteiger partial charge in [0.25, 0.3) is 5.91 Å². The van der Waals surface area contributed by atoms with E-state index in [0.717, 1.165) is 24.9 Å². The van der Waals surface area contributed by atoms with Gasteiger partial charge < -0.3 is 14.5 Å². The lowest BCUT2D eigenvalue weighted by Gasteiger charge is -2.44. The molecule has 1 aromatic rings. The lowest BCUT2D eigenvalue weighted by atomic mass is 9.95. The number of hydrogen-bond donors (Lipinski definition) is 2. The van der Waals surface area contributed by atoms with Crippen LogP contribution in [0.15, 0.2) is 18.2 Å². The molecule has 2 heterocycles. The molecule has 0 aliphatic carbocycles. The molecular weight excluding hydrogens is 475 g/mol. The maximum absolute atomic E-state index is 14.6. The Morgan fingerprint density at radius 2 is 1.83 bits per heavy atom. The van der Waals surface area contributed by atoms with E-state index in [1.165, 1.54) is 10.4 Å². The van der Waals surface area contributed by atoms with Crippen molar-refractivity contribution in [3.63, 3.8) is 0 Å². The average Bonchev–Trinajstić information content (AvgIpc) is 2.88. The Bertz CT molecular complexity index is 945. The van der Waals surface area contributed by atoms with Gasteiger partial charge in [-0.3, -0.25) is 10.0 Å². The number of piperazine rings is 1. The molecule has 9 nitrogen and oxygen atoms in total. The first kappa shape index (κ1) is 27.8. The van der Waals surface area contributed by atoms with Crippen LogP contribution < -0.4 is 10.4 Å². The summed E-state index contributed by atoms with van der Waals surface area (Å²) in [6, 6.07) is 5.24. The average molecular weight is 515 g/mol. The van der Waals surface area contributed by atoms with Crippen LogP contribution >= 0.6 is 0 Å². The summed E-state index contributed by atoms with van der Waals surface area (Å²) in [6.07, 6.45) is 4.01. The van der Waals surface area contributed by atoms with E-state index >= 15 is 0 Å². The molecule has 0 atom stereocenters. The minimum atomic E-state index is -4.03.